The summed E-state index contributed by atoms with van der Waals surface area (Å²) in [6, 6.07) is 7.44. The molecule has 1 saturated heterocycles. The molecule has 1 heterocycles. The van der Waals surface area contributed by atoms with E-state index in [9.17, 15) is 9.59 Å². The molecule has 0 unspecified atom stereocenters. The quantitative estimate of drug-likeness (QED) is 0.868. The molecule has 2 fully saturated rings. The highest BCUT2D eigenvalue weighted by atomic mass is 16.5. The average Bonchev–Trinajstić information content (AvgIpc) is 2.77. The first-order chi connectivity index (χ1) is 10.6. The fourth-order valence-electron chi connectivity index (χ4n) is 3.49. The highest BCUT2D eigenvalue weighted by Gasteiger charge is 2.49. The summed E-state index contributed by atoms with van der Waals surface area (Å²) in [7, 11) is 1.62. The molecule has 5 nitrogen and oxygen atoms in total. The smallest absolute Gasteiger partial charge is 0.234 e. The number of imide groups is 1. The van der Waals surface area contributed by atoms with Gasteiger partial charge in [0.15, 0.2) is 0 Å². The summed E-state index contributed by atoms with van der Waals surface area (Å²) in [6.07, 6.45) is 2.73. The van der Waals surface area contributed by atoms with Gasteiger partial charge < -0.3 is 10.1 Å². The second-order valence-electron chi connectivity index (χ2n) is 6.30. The number of hydrogen-bond acceptors (Lipinski definition) is 4. The van der Waals surface area contributed by atoms with E-state index in [1.54, 1.807) is 7.11 Å². The minimum absolute atomic E-state index is 0.0112. The topological polar surface area (TPSA) is 58.6 Å². The zero-order valence-electron chi connectivity index (χ0n) is 13.0. The summed E-state index contributed by atoms with van der Waals surface area (Å²) in [4.78, 5) is 26.3. The van der Waals surface area contributed by atoms with E-state index < -0.39 is 0 Å². The number of ether oxygens (including phenoxy) is 1. The fraction of sp³-hybridized carbons (Fsp3) is 0.529. The van der Waals surface area contributed by atoms with E-state index in [4.69, 9.17) is 4.74 Å². The Hall–Kier alpha value is -2.04. The SMILES string of the molecule is COc1ccc(NCN2C(=O)[C@@H]3CC[C@H](C)C[C@H]3C2=O)cc1. The number of nitrogens with one attached hydrogen (secondary N) is 1. The van der Waals surface area contributed by atoms with Crippen LogP contribution >= 0.6 is 0 Å². The van der Waals surface area contributed by atoms with Crippen LogP contribution in [0, 0.1) is 17.8 Å². The van der Waals surface area contributed by atoms with Gasteiger partial charge in [0.2, 0.25) is 11.8 Å². The summed E-state index contributed by atoms with van der Waals surface area (Å²) in [5.74, 6) is 1.09. The molecule has 118 valence electrons. The van der Waals surface area contributed by atoms with Crippen molar-refractivity contribution in [2.45, 2.75) is 26.2 Å². The van der Waals surface area contributed by atoms with Gasteiger partial charge in [0, 0.05) is 5.69 Å². The summed E-state index contributed by atoms with van der Waals surface area (Å²) in [5.41, 5.74) is 0.865. The van der Waals surface area contributed by atoms with E-state index >= 15 is 0 Å². The largest absolute Gasteiger partial charge is 0.497 e. The Kier molecular flexibility index (Phi) is 4.05. The van der Waals surface area contributed by atoms with Crippen LogP contribution in [0.1, 0.15) is 26.2 Å². The minimum atomic E-state index is -0.103. The molecule has 1 saturated carbocycles. The zero-order chi connectivity index (χ0) is 15.7. The van der Waals surface area contributed by atoms with E-state index in [1.165, 1.54) is 4.90 Å². The maximum absolute atomic E-state index is 12.5. The Morgan fingerprint density at radius 1 is 1.14 bits per heavy atom. The van der Waals surface area contributed by atoms with E-state index in [1.807, 2.05) is 24.3 Å². The lowest BCUT2D eigenvalue weighted by Crippen LogP contribution is -2.35. The molecule has 3 rings (SSSR count). The molecule has 0 radical (unpaired) electrons. The van der Waals surface area contributed by atoms with Crippen LogP contribution in [0.15, 0.2) is 24.3 Å². The molecule has 5 heteroatoms. The van der Waals surface area contributed by atoms with Crippen LogP contribution < -0.4 is 10.1 Å². The minimum Gasteiger partial charge on any atom is -0.497 e. The van der Waals surface area contributed by atoms with Gasteiger partial charge in [-0.1, -0.05) is 6.92 Å². The molecular formula is C17H22N2O3. The number of hydrogen-bond donors (Lipinski definition) is 1. The maximum atomic E-state index is 12.5. The molecule has 1 N–H and O–H groups in total. The van der Waals surface area contributed by atoms with Gasteiger partial charge in [-0.15, -0.1) is 0 Å². The number of likely N-dealkylation sites (tertiary alicyclic amines) is 1. The third-order valence-corrected chi connectivity index (χ3v) is 4.81. The maximum Gasteiger partial charge on any atom is 0.234 e. The molecule has 0 aromatic heterocycles. The fourth-order valence-corrected chi connectivity index (χ4v) is 3.49. The summed E-state index contributed by atoms with van der Waals surface area (Å²) >= 11 is 0. The number of carbonyl (C=O) groups excluding carboxylic acids is 2. The van der Waals surface area contributed by atoms with Crippen LogP contribution in [0.2, 0.25) is 0 Å². The molecule has 3 atom stereocenters. The number of carbonyl (C=O) groups is 2. The highest BCUT2D eigenvalue weighted by molar-refractivity contribution is 6.05. The van der Waals surface area contributed by atoms with Crippen LogP contribution in [0.25, 0.3) is 0 Å². The van der Waals surface area contributed by atoms with Crippen molar-refractivity contribution in [2.24, 2.45) is 17.8 Å². The zero-order valence-corrected chi connectivity index (χ0v) is 13.0. The molecule has 2 amide bonds. The third kappa shape index (κ3) is 2.67. The first-order valence-electron chi connectivity index (χ1n) is 7.83. The van der Waals surface area contributed by atoms with Crippen molar-refractivity contribution in [1.29, 1.82) is 0 Å². The summed E-state index contributed by atoms with van der Waals surface area (Å²) < 4.78 is 5.11. The molecule has 2 aliphatic rings. The van der Waals surface area contributed by atoms with Gasteiger partial charge in [-0.3, -0.25) is 14.5 Å². The van der Waals surface area contributed by atoms with Gasteiger partial charge in [0.1, 0.15) is 5.75 Å². The predicted octanol–water partition coefficient (Wildman–Crippen LogP) is 2.49. The van der Waals surface area contributed by atoms with Crippen molar-refractivity contribution in [2.75, 3.05) is 19.1 Å². The van der Waals surface area contributed by atoms with Gasteiger partial charge in [-0.2, -0.15) is 0 Å². The number of fused-ring (bicyclic) bond motifs is 1. The van der Waals surface area contributed by atoms with Crippen molar-refractivity contribution >= 4 is 17.5 Å². The number of benzene rings is 1. The van der Waals surface area contributed by atoms with Gasteiger partial charge >= 0.3 is 0 Å². The van der Waals surface area contributed by atoms with Crippen molar-refractivity contribution in [3.63, 3.8) is 0 Å². The predicted molar refractivity (Wildman–Crippen MR) is 83.3 cm³/mol. The normalized spacial score (nSPS) is 27.7. The highest BCUT2D eigenvalue weighted by Crippen LogP contribution is 2.40. The van der Waals surface area contributed by atoms with Gasteiger partial charge in [-0.05, 0) is 49.4 Å². The molecular weight excluding hydrogens is 280 g/mol. The lowest BCUT2D eigenvalue weighted by atomic mass is 9.76. The van der Waals surface area contributed by atoms with Crippen molar-refractivity contribution < 1.29 is 14.3 Å². The lowest BCUT2D eigenvalue weighted by Gasteiger charge is -2.25. The molecule has 1 aliphatic heterocycles. The van der Waals surface area contributed by atoms with Crippen LogP contribution in [0.3, 0.4) is 0 Å². The molecule has 1 aromatic carbocycles. The molecule has 1 aromatic rings. The second-order valence-corrected chi connectivity index (χ2v) is 6.30. The standard InChI is InChI=1S/C17H22N2O3/c1-11-3-8-14-15(9-11)17(21)19(16(14)20)10-18-12-4-6-13(22-2)7-5-12/h4-7,11,14-15,18H,3,8-10H2,1-2H3/t11-,14+,15+/m0/s1. The number of methoxy groups -OCH3 is 1. The molecule has 0 spiro atoms. The Labute approximate surface area is 130 Å². The average molecular weight is 302 g/mol. The van der Waals surface area contributed by atoms with E-state index in [0.29, 0.717) is 5.92 Å². The Morgan fingerprint density at radius 2 is 1.82 bits per heavy atom. The Balaban J connectivity index is 1.64. The first kappa shape index (κ1) is 14.9. The number of anilines is 1. The summed E-state index contributed by atoms with van der Waals surface area (Å²) in [5, 5.41) is 3.15. The van der Waals surface area contributed by atoms with E-state index in [-0.39, 0.29) is 30.3 Å². The van der Waals surface area contributed by atoms with Gasteiger partial charge in [0.25, 0.3) is 0 Å². The van der Waals surface area contributed by atoms with E-state index in [0.717, 1.165) is 30.7 Å². The van der Waals surface area contributed by atoms with Crippen LogP contribution in [-0.2, 0) is 9.59 Å². The second kappa shape index (κ2) is 5.99. The molecule has 22 heavy (non-hydrogen) atoms. The van der Waals surface area contributed by atoms with E-state index in [2.05, 4.69) is 12.2 Å². The van der Waals surface area contributed by atoms with Gasteiger partial charge in [-0.25, -0.2) is 0 Å². The van der Waals surface area contributed by atoms with Crippen LogP contribution in [0.4, 0.5) is 5.69 Å². The molecule has 1 aliphatic carbocycles. The third-order valence-electron chi connectivity index (χ3n) is 4.81. The monoisotopic (exact) mass is 302 g/mol. The van der Waals surface area contributed by atoms with Crippen molar-refractivity contribution in [3.8, 4) is 5.75 Å². The van der Waals surface area contributed by atoms with Gasteiger partial charge in [0.05, 0.1) is 25.6 Å². The summed E-state index contributed by atoms with van der Waals surface area (Å²) in [6.45, 7) is 2.40. The van der Waals surface area contributed by atoms with Crippen molar-refractivity contribution in [1.82, 2.24) is 4.90 Å². The Morgan fingerprint density at radius 3 is 2.50 bits per heavy atom. The van der Waals surface area contributed by atoms with Crippen LogP contribution in [-0.4, -0.2) is 30.5 Å². The number of nitrogens with zero attached hydrogens (tertiary/aromatic N) is 1. The van der Waals surface area contributed by atoms with Crippen LogP contribution in [0.5, 0.6) is 5.75 Å². The number of amides is 2. The lowest BCUT2D eigenvalue weighted by molar-refractivity contribution is -0.139. The Bertz CT molecular complexity index is 570. The molecule has 0 bridgehead atoms. The van der Waals surface area contributed by atoms with Crippen molar-refractivity contribution in [3.05, 3.63) is 24.3 Å². The number of rotatable bonds is 4. The first-order valence-corrected chi connectivity index (χ1v) is 7.83.